The monoisotopic (exact) mass is 421 g/mol. The highest BCUT2D eigenvalue weighted by atomic mass is 35.5. The number of aryl methyl sites for hydroxylation is 2. The van der Waals surface area contributed by atoms with E-state index >= 15 is 0 Å². The van der Waals surface area contributed by atoms with Crippen molar-refractivity contribution in [1.29, 1.82) is 0 Å². The van der Waals surface area contributed by atoms with Crippen LogP contribution in [0.25, 0.3) is 11.3 Å². The number of fused-ring (bicyclic) bond motifs is 1. The smallest absolute Gasteiger partial charge is 0.225 e. The third-order valence-electron chi connectivity index (χ3n) is 5.27. The summed E-state index contributed by atoms with van der Waals surface area (Å²) in [7, 11) is 0. The van der Waals surface area contributed by atoms with E-state index in [4.69, 9.17) is 11.6 Å². The number of nitrogens with zero attached hydrogens (tertiary/aromatic N) is 4. The van der Waals surface area contributed by atoms with Gasteiger partial charge in [0.05, 0.1) is 10.7 Å². The molecular formula is C23H24ClN5O. The molecule has 7 heteroatoms. The van der Waals surface area contributed by atoms with Crippen LogP contribution in [0.5, 0.6) is 0 Å². The molecule has 4 rings (SSSR count). The van der Waals surface area contributed by atoms with Crippen molar-refractivity contribution in [3.05, 3.63) is 64.1 Å². The van der Waals surface area contributed by atoms with Crippen molar-refractivity contribution in [3.8, 4) is 11.3 Å². The number of halogens is 1. The minimum absolute atomic E-state index is 0.0298. The van der Waals surface area contributed by atoms with Crippen LogP contribution in [0.4, 0.5) is 11.6 Å². The molecule has 1 amide bonds. The van der Waals surface area contributed by atoms with E-state index in [1.165, 1.54) is 0 Å². The number of amides is 1. The van der Waals surface area contributed by atoms with Gasteiger partial charge in [-0.2, -0.15) is 0 Å². The van der Waals surface area contributed by atoms with Crippen molar-refractivity contribution in [2.45, 2.75) is 40.2 Å². The average molecular weight is 422 g/mol. The first kappa shape index (κ1) is 20.3. The Kier molecular flexibility index (Phi) is 5.68. The van der Waals surface area contributed by atoms with E-state index in [-0.39, 0.29) is 5.91 Å². The summed E-state index contributed by atoms with van der Waals surface area (Å²) in [4.78, 5) is 27.6. The van der Waals surface area contributed by atoms with E-state index in [1.54, 1.807) is 6.20 Å². The fraction of sp³-hybridized carbons (Fsp3) is 0.304. The second-order valence-corrected chi connectivity index (χ2v) is 7.98. The van der Waals surface area contributed by atoms with Gasteiger partial charge in [0.1, 0.15) is 11.6 Å². The van der Waals surface area contributed by atoms with Gasteiger partial charge in [-0.25, -0.2) is 9.97 Å². The average Bonchev–Trinajstić information content (AvgIpc) is 2.74. The molecular weight excluding hydrogens is 398 g/mol. The van der Waals surface area contributed by atoms with Gasteiger partial charge in [0.25, 0.3) is 0 Å². The number of anilines is 2. The molecule has 0 unspecified atom stereocenters. The highest BCUT2D eigenvalue weighted by Gasteiger charge is 2.21. The fourth-order valence-electron chi connectivity index (χ4n) is 3.69. The first-order valence-electron chi connectivity index (χ1n) is 10.1. The summed E-state index contributed by atoms with van der Waals surface area (Å²) in [5, 5.41) is 3.42. The van der Waals surface area contributed by atoms with Crippen LogP contribution in [0.15, 0.2) is 36.7 Å². The molecule has 1 aliphatic heterocycles. The van der Waals surface area contributed by atoms with Crippen LogP contribution >= 0.6 is 11.6 Å². The maximum absolute atomic E-state index is 11.6. The standard InChI is InChI=1S/C23H24ClN5O/c1-4-22(30)28-20-6-5-16-13-29(8-7-19(16)27-20)21-10-17(18(24)12-25-21)23-15(3)9-14(2)11-26-23/h5-6,9-12H,4,7-8,13H2,1-3H3,(H,27,28,30). The van der Waals surface area contributed by atoms with E-state index in [0.29, 0.717) is 23.8 Å². The Labute approximate surface area is 181 Å². The van der Waals surface area contributed by atoms with Crippen LogP contribution in [0, 0.1) is 13.8 Å². The van der Waals surface area contributed by atoms with E-state index < -0.39 is 0 Å². The molecule has 0 spiro atoms. The summed E-state index contributed by atoms with van der Waals surface area (Å²) in [5.41, 5.74) is 6.13. The van der Waals surface area contributed by atoms with Crippen molar-refractivity contribution >= 4 is 29.1 Å². The van der Waals surface area contributed by atoms with Gasteiger partial charge >= 0.3 is 0 Å². The largest absolute Gasteiger partial charge is 0.352 e. The first-order chi connectivity index (χ1) is 14.4. The summed E-state index contributed by atoms with van der Waals surface area (Å²) < 4.78 is 0. The molecule has 0 aromatic carbocycles. The normalized spacial score (nSPS) is 13.1. The fourth-order valence-corrected chi connectivity index (χ4v) is 3.88. The Bertz CT molecular complexity index is 1110. The summed E-state index contributed by atoms with van der Waals surface area (Å²) in [6, 6.07) is 8.01. The Balaban J connectivity index is 1.60. The van der Waals surface area contributed by atoms with Crippen molar-refractivity contribution in [1.82, 2.24) is 15.0 Å². The molecule has 0 atom stereocenters. The van der Waals surface area contributed by atoms with Crippen molar-refractivity contribution < 1.29 is 4.79 Å². The number of hydrogen-bond acceptors (Lipinski definition) is 5. The molecule has 4 heterocycles. The number of rotatable bonds is 4. The number of hydrogen-bond donors (Lipinski definition) is 1. The lowest BCUT2D eigenvalue weighted by atomic mass is 10.0. The Morgan fingerprint density at radius 3 is 2.80 bits per heavy atom. The van der Waals surface area contributed by atoms with Gasteiger partial charge in [-0.05, 0) is 42.7 Å². The van der Waals surface area contributed by atoms with Gasteiger partial charge in [-0.3, -0.25) is 9.78 Å². The molecule has 154 valence electrons. The molecule has 0 aliphatic carbocycles. The summed E-state index contributed by atoms with van der Waals surface area (Å²) in [6.07, 6.45) is 4.78. The zero-order chi connectivity index (χ0) is 21.3. The summed E-state index contributed by atoms with van der Waals surface area (Å²) >= 11 is 6.47. The molecule has 0 saturated heterocycles. The lowest BCUT2D eigenvalue weighted by Gasteiger charge is -2.30. The Hall–Kier alpha value is -2.99. The minimum atomic E-state index is -0.0298. The van der Waals surface area contributed by atoms with E-state index in [2.05, 4.69) is 31.2 Å². The lowest BCUT2D eigenvalue weighted by Crippen LogP contribution is -2.31. The number of aromatic nitrogens is 3. The summed E-state index contributed by atoms with van der Waals surface area (Å²) in [5.74, 6) is 1.45. The molecule has 1 aliphatic rings. The molecule has 6 nitrogen and oxygen atoms in total. The molecule has 0 radical (unpaired) electrons. The van der Waals surface area contributed by atoms with Crippen LogP contribution in [-0.4, -0.2) is 27.4 Å². The molecule has 3 aromatic heterocycles. The van der Waals surface area contributed by atoms with Gasteiger partial charge < -0.3 is 10.2 Å². The Morgan fingerprint density at radius 2 is 2.03 bits per heavy atom. The van der Waals surface area contributed by atoms with Gasteiger partial charge in [0.15, 0.2) is 0 Å². The zero-order valence-corrected chi connectivity index (χ0v) is 18.1. The number of carbonyl (C=O) groups excluding carboxylic acids is 1. The third kappa shape index (κ3) is 4.14. The summed E-state index contributed by atoms with van der Waals surface area (Å²) in [6.45, 7) is 7.40. The molecule has 3 aromatic rings. The second kappa shape index (κ2) is 8.40. The van der Waals surface area contributed by atoms with Crippen LogP contribution in [0.3, 0.4) is 0 Å². The van der Waals surface area contributed by atoms with Gasteiger partial charge in [0.2, 0.25) is 5.91 Å². The molecule has 30 heavy (non-hydrogen) atoms. The van der Waals surface area contributed by atoms with Gasteiger partial charge in [-0.1, -0.05) is 30.7 Å². The first-order valence-corrected chi connectivity index (χ1v) is 10.4. The van der Waals surface area contributed by atoms with Crippen molar-refractivity contribution in [3.63, 3.8) is 0 Å². The van der Waals surface area contributed by atoms with Crippen molar-refractivity contribution in [2.24, 2.45) is 0 Å². The molecule has 1 N–H and O–H groups in total. The van der Waals surface area contributed by atoms with Gasteiger partial charge in [-0.15, -0.1) is 0 Å². The molecule has 0 saturated carbocycles. The number of nitrogens with one attached hydrogen (secondary N) is 1. The quantitative estimate of drug-likeness (QED) is 0.659. The van der Waals surface area contributed by atoms with Crippen molar-refractivity contribution in [2.75, 3.05) is 16.8 Å². The predicted octanol–water partition coefficient (Wildman–Crippen LogP) is 4.72. The van der Waals surface area contributed by atoms with E-state index in [9.17, 15) is 4.79 Å². The van der Waals surface area contributed by atoms with E-state index in [0.717, 1.165) is 52.4 Å². The third-order valence-corrected chi connectivity index (χ3v) is 5.57. The van der Waals surface area contributed by atoms with Crippen LogP contribution in [0.2, 0.25) is 5.02 Å². The van der Waals surface area contributed by atoms with Gasteiger partial charge in [0, 0.05) is 49.6 Å². The maximum atomic E-state index is 11.6. The van der Waals surface area contributed by atoms with Crippen LogP contribution < -0.4 is 10.2 Å². The number of pyridine rings is 3. The topological polar surface area (TPSA) is 71.0 Å². The van der Waals surface area contributed by atoms with Crippen LogP contribution in [-0.2, 0) is 17.8 Å². The Morgan fingerprint density at radius 1 is 1.20 bits per heavy atom. The highest BCUT2D eigenvalue weighted by Crippen LogP contribution is 2.32. The van der Waals surface area contributed by atoms with E-state index in [1.807, 2.05) is 45.2 Å². The predicted molar refractivity (Wildman–Crippen MR) is 120 cm³/mol. The molecule has 0 fully saturated rings. The SMILES string of the molecule is CCC(=O)Nc1ccc2c(n1)CCN(c1cc(-c3ncc(C)cc3C)c(Cl)cn1)C2. The second-order valence-electron chi connectivity index (χ2n) is 7.58. The van der Waals surface area contributed by atoms with Crippen LogP contribution in [0.1, 0.15) is 35.7 Å². The zero-order valence-electron chi connectivity index (χ0n) is 17.4. The minimum Gasteiger partial charge on any atom is -0.352 e. The number of carbonyl (C=O) groups is 1. The molecule has 0 bridgehead atoms. The maximum Gasteiger partial charge on any atom is 0.225 e. The lowest BCUT2D eigenvalue weighted by molar-refractivity contribution is -0.115. The highest BCUT2D eigenvalue weighted by molar-refractivity contribution is 6.33.